The van der Waals surface area contributed by atoms with Crippen molar-refractivity contribution in [1.82, 2.24) is 4.72 Å². The van der Waals surface area contributed by atoms with E-state index < -0.39 is 32.5 Å². The van der Waals surface area contributed by atoms with Crippen LogP contribution >= 0.6 is 11.6 Å². The van der Waals surface area contributed by atoms with Crippen molar-refractivity contribution in [3.8, 4) is 5.75 Å². The highest BCUT2D eigenvalue weighted by Crippen LogP contribution is 2.29. The van der Waals surface area contributed by atoms with Crippen molar-refractivity contribution in [3.05, 3.63) is 58.6 Å². The molecule has 0 saturated heterocycles. The Morgan fingerprint density at radius 2 is 1.86 bits per heavy atom. The zero-order valence-corrected chi connectivity index (χ0v) is 16.3. The molecule has 28 heavy (non-hydrogen) atoms. The van der Waals surface area contributed by atoms with Gasteiger partial charge in [-0.15, -0.1) is 0 Å². The number of amides is 1. The molecule has 0 heterocycles. The summed E-state index contributed by atoms with van der Waals surface area (Å²) < 4.78 is 58.5. The van der Waals surface area contributed by atoms with Gasteiger partial charge in [-0.1, -0.05) is 24.4 Å². The molecule has 9 heteroatoms. The van der Waals surface area contributed by atoms with E-state index in [9.17, 15) is 22.0 Å². The van der Waals surface area contributed by atoms with Gasteiger partial charge in [-0.2, -0.15) is 0 Å². The predicted octanol–water partition coefficient (Wildman–Crippen LogP) is 4.31. The molecule has 0 aromatic heterocycles. The third-order valence-corrected chi connectivity index (χ3v) is 6.21. The maximum Gasteiger partial charge on any atom is 0.267 e. The highest BCUT2D eigenvalue weighted by atomic mass is 35.5. The summed E-state index contributed by atoms with van der Waals surface area (Å²) in [5, 5.41) is 0.163. The van der Waals surface area contributed by atoms with Crippen LogP contribution in [0.1, 0.15) is 36.0 Å². The summed E-state index contributed by atoms with van der Waals surface area (Å²) in [6.07, 6.45) is 4.58. The lowest BCUT2D eigenvalue weighted by Crippen LogP contribution is -2.31. The van der Waals surface area contributed by atoms with Gasteiger partial charge in [0.05, 0.1) is 11.6 Å². The molecular weight excluding hydrogens is 412 g/mol. The van der Waals surface area contributed by atoms with Gasteiger partial charge < -0.3 is 4.74 Å². The molecule has 0 atom stereocenters. The van der Waals surface area contributed by atoms with E-state index in [1.807, 2.05) is 0 Å². The number of nitrogens with one attached hydrogen (secondary N) is 1. The zero-order chi connectivity index (χ0) is 20.3. The average Bonchev–Trinajstić information content (AvgIpc) is 3.13. The van der Waals surface area contributed by atoms with E-state index in [0.717, 1.165) is 25.0 Å². The Labute approximate surface area is 166 Å². The van der Waals surface area contributed by atoms with E-state index in [0.29, 0.717) is 24.3 Å². The molecular formula is C19H18ClF2NO4S. The number of hydrogen-bond acceptors (Lipinski definition) is 4. The second-order valence-electron chi connectivity index (χ2n) is 6.62. The molecule has 1 aliphatic carbocycles. The van der Waals surface area contributed by atoms with E-state index in [1.54, 1.807) is 4.72 Å². The number of carbonyl (C=O) groups is 1. The van der Waals surface area contributed by atoms with Crippen LogP contribution in [-0.2, 0) is 10.0 Å². The van der Waals surface area contributed by atoms with Crippen molar-refractivity contribution in [2.45, 2.75) is 30.6 Å². The molecule has 0 aliphatic heterocycles. The molecule has 0 bridgehead atoms. The Hall–Kier alpha value is -2.19. The lowest BCUT2D eigenvalue weighted by molar-refractivity contribution is 0.0981. The van der Waals surface area contributed by atoms with Gasteiger partial charge in [-0.25, -0.2) is 21.9 Å². The van der Waals surface area contributed by atoms with Gasteiger partial charge in [0.25, 0.3) is 15.9 Å². The van der Waals surface area contributed by atoms with Gasteiger partial charge in [0, 0.05) is 11.6 Å². The van der Waals surface area contributed by atoms with Crippen molar-refractivity contribution in [2.24, 2.45) is 5.92 Å². The quantitative estimate of drug-likeness (QED) is 0.742. The molecule has 150 valence electrons. The third-order valence-electron chi connectivity index (χ3n) is 4.55. The minimum absolute atomic E-state index is 0.0377. The number of rotatable bonds is 6. The Morgan fingerprint density at radius 3 is 2.50 bits per heavy atom. The standard InChI is InChI=1S/C19H18ClF2NO4S/c20-15-9-13(5-7-17(15)27-11-12-3-1-2-4-12)19(24)23-28(25,26)18-8-6-14(21)10-16(18)22/h5-10,12H,1-4,11H2,(H,23,24). The number of carbonyl (C=O) groups excluding carboxylic acids is 1. The first kappa shape index (κ1) is 20.5. The first-order valence-electron chi connectivity index (χ1n) is 8.71. The third kappa shape index (κ3) is 4.80. The molecule has 3 rings (SSSR count). The Kier molecular flexibility index (Phi) is 6.20. The number of halogens is 3. The van der Waals surface area contributed by atoms with Gasteiger partial charge >= 0.3 is 0 Å². The van der Waals surface area contributed by atoms with Gasteiger partial charge in [0.15, 0.2) is 0 Å². The molecule has 2 aromatic rings. The molecule has 1 fully saturated rings. The number of sulfonamides is 1. The maximum atomic E-state index is 13.7. The van der Waals surface area contributed by atoms with Crippen LogP contribution in [0.2, 0.25) is 5.02 Å². The first-order valence-corrected chi connectivity index (χ1v) is 10.6. The number of ether oxygens (including phenoxy) is 1. The normalized spacial score (nSPS) is 14.8. The second kappa shape index (κ2) is 8.45. The summed E-state index contributed by atoms with van der Waals surface area (Å²) in [5.41, 5.74) is -0.0377. The van der Waals surface area contributed by atoms with Gasteiger partial charge in [0.2, 0.25) is 0 Å². The lowest BCUT2D eigenvalue weighted by atomic mass is 10.1. The van der Waals surface area contributed by atoms with Crippen LogP contribution in [-0.4, -0.2) is 20.9 Å². The van der Waals surface area contributed by atoms with Crippen molar-refractivity contribution in [2.75, 3.05) is 6.61 Å². The Balaban J connectivity index is 1.70. The van der Waals surface area contributed by atoms with Crippen LogP contribution in [0.4, 0.5) is 8.78 Å². The summed E-state index contributed by atoms with van der Waals surface area (Å²) in [6.45, 7) is 0.531. The smallest absolute Gasteiger partial charge is 0.267 e. The van der Waals surface area contributed by atoms with Crippen molar-refractivity contribution in [1.29, 1.82) is 0 Å². The molecule has 1 aliphatic rings. The monoisotopic (exact) mass is 429 g/mol. The van der Waals surface area contributed by atoms with Crippen LogP contribution in [0, 0.1) is 17.6 Å². The van der Waals surface area contributed by atoms with Crippen LogP contribution in [0.5, 0.6) is 5.75 Å². The summed E-state index contributed by atoms with van der Waals surface area (Å²) >= 11 is 6.13. The molecule has 2 aromatic carbocycles. The maximum absolute atomic E-state index is 13.7. The van der Waals surface area contributed by atoms with Crippen LogP contribution in [0.25, 0.3) is 0 Å². The fourth-order valence-electron chi connectivity index (χ4n) is 3.07. The summed E-state index contributed by atoms with van der Waals surface area (Å²) in [6, 6.07) is 6.07. The fraction of sp³-hybridized carbons (Fsp3) is 0.316. The Morgan fingerprint density at radius 1 is 1.14 bits per heavy atom. The van der Waals surface area contributed by atoms with Crippen LogP contribution in [0.15, 0.2) is 41.3 Å². The zero-order valence-electron chi connectivity index (χ0n) is 14.8. The topological polar surface area (TPSA) is 72.5 Å². The van der Waals surface area contributed by atoms with E-state index in [1.165, 1.54) is 31.0 Å². The molecule has 1 amide bonds. The summed E-state index contributed by atoms with van der Waals surface area (Å²) in [4.78, 5) is 11.4. The van der Waals surface area contributed by atoms with Gasteiger partial charge in [-0.3, -0.25) is 4.79 Å². The van der Waals surface area contributed by atoms with Crippen molar-refractivity contribution < 1.29 is 26.7 Å². The first-order chi connectivity index (χ1) is 13.3. The summed E-state index contributed by atoms with van der Waals surface area (Å²) in [7, 11) is -4.51. The summed E-state index contributed by atoms with van der Waals surface area (Å²) in [5.74, 6) is -2.34. The lowest BCUT2D eigenvalue weighted by Gasteiger charge is -2.13. The number of benzene rings is 2. The molecule has 0 radical (unpaired) electrons. The highest BCUT2D eigenvalue weighted by molar-refractivity contribution is 7.90. The van der Waals surface area contributed by atoms with E-state index in [2.05, 4.69) is 0 Å². The molecule has 1 saturated carbocycles. The van der Waals surface area contributed by atoms with E-state index in [-0.39, 0.29) is 10.6 Å². The van der Waals surface area contributed by atoms with Gasteiger partial charge in [0.1, 0.15) is 22.3 Å². The SMILES string of the molecule is O=C(NS(=O)(=O)c1ccc(F)cc1F)c1ccc(OCC2CCCC2)c(Cl)c1. The minimum Gasteiger partial charge on any atom is -0.492 e. The van der Waals surface area contributed by atoms with Crippen LogP contribution < -0.4 is 9.46 Å². The largest absolute Gasteiger partial charge is 0.492 e. The van der Waals surface area contributed by atoms with Crippen molar-refractivity contribution >= 4 is 27.5 Å². The Bertz CT molecular complexity index is 991. The molecule has 0 unspecified atom stereocenters. The van der Waals surface area contributed by atoms with Crippen molar-refractivity contribution in [3.63, 3.8) is 0 Å². The fourth-order valence-corrected chi connectivity index (χ4v) is 4.34. The second-order valence-corrected chi connectivity index (χ2v) is 8.67. The predicted molar refractivity (Wildman–Crippen MR) is 99.9 cm³/mol. The highest BCUT2D eigenvalue weighted by Gasteiger charge is 2.23. The van der Waals surface area contributed by atoms with Gasteiger partial charge in [-0.05, 0) is 49.1 Å². The van der Waals surface area contributed by atoms with E-state index in [4.69, 9.17) is 16.3 Å². The number of hydrogen-bond donors (Lipinski definition) is 1. The molecule has 5 nitrogen and oxygen atoms in total. The minimum atomic E-state index is -4.51. The average molecular weight is 430 g/mol. The van der Waals surface area contributed by atoms with Crippen LogP contribution in [0.3, 0.4) is 0 Å². The molecule has 0 spiro atoms. The molecule has 1 N–H and O–H groups in total. The van der Waals surface area contributed by atoms with E-state index >= 15 is 0 Å².